The van der Waals surface area contributed by atoms with Crippen LogP contribution in [0, 0.1) is 30.1 Å². The molecular weight excluding hydrogens is 424 g/mol. The first kappa shape index (κ1) is 22.2. The van der Waals surface area contributed by atoms with Crippen LogP contribution in [0.4, 0.5) is 5.69 Å². The number of aryl methyl sites for hydroxylation is 1. The first-order chi connectivity index (χ1) is 15.3. The highest BCUT2D eigenvalue weighted by atomic mass is 35.5. The summed E-state index contributed by atoms with van der Waals surface area (Å²) < 4.78 is 5.85. The molecule has 174 valence electrons. The van der Waals surface area contributed by atoms with Crippen molar-refractivity contribution < 1.29 is 14.6 Å². The number of allylic oxidation sites excluding steroid dienone is 1. The maximum absolute atomic E-state index is 12.9. The van der Waals surface area contributed by atoms with Crippen LogP contribution >= 0.6 is 11.6 Å². The van der Waals surface area contributed by atoms with Gasteiger partial charge in [-0.25, -0.2) is 0 Å². The van der Waals surface area contributed by atoms with E-state index in [2.05, 4.69) is 42.7 Å². The molecule has 2 aliphatic heterocycles. The molecule has 3 fully saturated rings. The second kappa shape index (κ2) is 8.34. The minimum absolute atomic E-state index is 0.113. The summed E-state index contributed by atoms with van der Waals surface area (Å²) in [5.41, 5.74) is 3.48. The van der Waals surface area contributed by atoms with Gasteiger partial charge in [0.25, 0.3) is 0 Å². The summed E-state index contributed by atoms with van der Waals surface area (Å²) in [6, 6.07) is 6.04. The predicted molar refractivity (Wildman–Crippen MR) is 127 cm³/mol. The van der Waals surface area contributed by atoms with Crippen molar-refractivity contribution in [2.24, 2.45) is 23.2 Å². The molecule has 0 spiro atoms. The van der Waals surface area contributed by atoms with Gasteiger partial charge in [-0.3, -0.25) is 9.69 Å². The van der Waals surface area contributed by atoms with E-state index in [1.165, 1.54) is 16.8 Å². The lowest BCUT2D eigenvalue weighted by molar-refractivity contribution is -0.145. The van der Waals surface area contributed by atoms with E-state index in [4.69, 9.17) is 16.3 Å². The number of benzene rings is 1. The number of aliphatic hydroxyl groups is 1. The van der Waals surface area contributed by atoms with Crippen LogP contribution in [0.5, 0.6) is 0 Å². The molecule has 0 amide bonds. The molecule has 32 heavy (non-hydrogen) atoms. The highest BCUT2D eigenvalue weighted by molar-refractivity contribution is 6.30. The zero-order chi connectivity index (χ0) is 22.6. The zero-order valence-electron chi connectivity index (χ0n) is 19.4. The van der Waals surface area contributed by atoms with Gasteiger partial charge in [0.2, 0.25) is 0 Å². The molecule has 5 rings (SSSR count). The Kier molecular flexibility index (Phi) is 5.80. The average molecular weight is 459 g/mol. The van der Waals surface area contributed by atoms with Crippen LogP contribution < -0.4 is 4.90 Å². The maximum Gasteiger partial charge on any atom is 0.311 e. The van der Waals surface area contributed by atoms with Gasteiger partial charge in [0.1, 0.15) is 6.10 Å². The number of ether oxygens (including phenoxy) is 1. The third-order valence-corrected chi connectivity index (χ3v) is 9.14. The third kappa shape index (κ3) is 3.57. The van der Waals surface area contributed by atoms with Crippen LogP contribution in [0.2, 0.25) is 5.02 Å². The van der Waals surface area contributed by atoms with Crippen LogP contribution in [0.1, 0.15) is 38.7 Å². The molecule has 2 saturated heterocycles. The monoisotopic (exact) mass is 458 g/mol. The lowest BCUT2D eigenvalue weighted by Crippen LogP contribution is -2.55. The van der Waals surface area contributed by atoms with Gasteiger partial charge in [-0.2, -0.15) is 0 Å². The minimum atomic E-state index is -0.533. The smallest absolute Gasteiger partial charge is 0.311 e. The molecule has 0 radical (unpaired) electrons. The quantitative estimate of drug-likeness (QED) is 0.547. The number of nitrogens with zero attached hydrogens (tertiary/aromatic N) is 2. The Labute approximate surface area is 196 Å². The van der Waals surface area contributed by atoms with E-state index in [1.807, 2.05) is 12.1 Å². The van der Waals surface area contributed by atoms with Crippen molar-refractivity contribution in [3.63, 3.8) is 0 Å². The highest BCUT2D eigenvalue weighted by Crippen LogP contribution is 2.56. The van der Waals surface area contributed by atoms with Gasteiger partial charge in [0, 0.05) is 61.2 Å². The number of hydrogen-bond acceptors (Lipinski definition) is 5. The molecule has 6 atom stereocenters. The van der Waals surface area contributed by atoms with E-state index in [9.17, 15) is 9.90 Å². The summed E-state index contributed by atoms with van der Waals surface area (Å²) in [5.74, 6) is -0.0673. The molecule has 2 heterocycles. The van der Waals surface area contributed by atoms with Crippen LogP contribution in [0.3, 0.4) is 0 Å². The lowest BCUT2D eigenvalue weighted by Gasteiger charge is -2.52. The summed E-state index contributed by atoms with van der Waals surface area (Å²) in [5, 5.41) is 12.3. The Hall–Kier alpha value is -1.56. The summed E-state index contributed by atoms with van der Waals surface area (Å²) in [7, 11) is 0. The fraction of sp³-hybridized carbons (Fsp3) is 0.654. The van der Waals surface area contributed by atoms with Crippen LogP contribution in [0.25, 0.3) is 0 Å². The first-order valence-electron chi connectivity index (χ1n) is 12.1. The van der Waals surface area contributed by atoms with E-state index >= 15 is 0 Å². The van der Waals surface area contributed by atoms with E-state index in [0.29, 0.717) is 12.5 Å². The number of hydrogen-bond donors (Lipinski definition) is 1. The van der Waals surface area contributed by atoms with Gasteiger partial charge in [0.15, 0.2) is 0 Å². The normalized spacial score (nSPS) is 37.5. The van der Waals surface area contributed by atoms with Crippen molar-refractivity contribution in [1.82, 2.24) is 4.90 Å². The second-order valence-electron chi connectivity index (χ2n) is 10.5. The fourth-order valence-corrected chi connectivity index (χ4v) is 6.81. The lowest BCUT2D eigenvalue weighted by atomic mass is 9.55. The van der Waals surface area contributed by atoms with Gasteiger partial charge in [-0.15, -0.1) is 0 Å². The van der Waals surface area contributed by atoms with Crippen molar-refractivity contribution in [2.45, 2.75) is 52.2 Å². The van der Waals surface area contributed by atoms with Crippen LogP contribution in [-0.4, -0.2) is 60.9 Å². The Morgan fingerprint density at radius 2 is 2.00 bits per heavy atom. The highest BCUT2D eigenvalue weighted by Gasteiger charge is 2.59. The minimum Gasteiger partial charge on any atom is -0.461 e. The van der Waals surface area contributed by atoms with Crippen molar-refractivity contribution in [3.8, 4) is 0 Å². The van der Waals surface area contributed by atoms with Crippen molar-refractivity contribution in [1.29, 1.82) is 0 Å². The van der Waals surface area contributed by atoms with Crippen molar-refractivity contribution >= 4 is 23.3 Å². The number of halogens is 1. The van der Waals surface area contributed by atoms with Gasteiger partial charge in [0.05, 0.1) is 12.0 Å². The molecule has 1 aromatic carbocycles. The molecule has 2 aliphatic carbocycles. The molecule has 0 aromatic heterocycles. The van der Waals surface area contributed by atoms with Crippen molar-refractivity contribution in [2.75, 3.05) is 37.6 Å². The van der Waals surface area contributed by atoms with Gasteiger partial charge >= 0.3 is 5.97 Å². The standard InChI is InChI=1S/C26H35ClN2O3/c1-16-7-8-19(27)14-21(16)29-11-9-28(10-12-29)15-20-23-22(32-25(20)31)13-18-6-4-5-17(2)26(18,3)24(23)30/h6-8,14,17,20,22-24,30H,4-5,9-13,15H2,1-3H3/t17-,20-,22+,23+,24+,26+/m0/s1. The fourth-order valence-electron chi connectivity index (χ4n) is 6.65. The van der Waals surface area contributed by atoms with Crippen LogP contribution in [-0.2, 0) is 9.53 Å². The second-order valence-corrected chi connectivity index (χ2v) is 11.0. The van der Waals surface area contributed by atoms with Gasteiger partial charge in [-0.05, 0) is 43.4 Å². The number of carbonyl (C=O) groups excluding carboxylic acids is 1. The average Bonchev–Trinajstić information content (AvgIpc) is 3.08. The Morgan fingerprint density at radius 1 is 1.25 bits per heavy atom. The van der Waals surface area contributed by atoms with E-state index < -0.39 is 6.10 Å². The third-order valence-electron chi connectivity index (χ3n) is 8.91. The number of esters is 1. The largest absolute Gasteiger partial charge is 0.461 e. The number of rotatable bonds is 3. The molecule has 0 bridgehead atoms. The Bertz CT molecular complexity index is 926. The molecule has 6 heteroatoms. The number of aliphatic hydroxyl groups excluding tert-OH is 1. The zero-order valence-corrected chi connectivity index (χ0v) is 20.1. The molecule has 0 unspecified atom stereocenters. The molecule has 1 N–H and O–H groups in total. The molecule has 1 saturated carbocycles. The first-order valence-corrected chi connectivity index (χ1v) is 12.5. The topological polar surface area (TPSA) is 53.0 Å². The number of anilines is 1. The number of piperazine rings is 1. The summed E-state index contributed by atoms with van der Waals surface area (Å²) in [4.78, 5) is 17.7. The number of carbonyl (C=O) groups is 1. The van der Waals surface area contributed by atoms with Crippen molar-refractivity contribution in [3.05, 3.63) is 40.4 Å². The van der Waals surface area contributed by atoms with Gasteiger partial charge < -0.3 is 14.7 Å². The van der Waals surface area contributed by atoms with Gasteiger partial charge in [-0.1, -0.05) is 43.2 Å². The maximum atomic E-state index is 12.9. The van der Waals surface area contributed by atoms with Crippen LogP contribution in [0.15, 0.2) is 29.8 Å². The van der Waals surface area contributed by atoms with E-state index in [-0.39, 0.29) is 29.3 Å². The molecular formula is C26H35ClN2O3. The number of fused-ring (bicyclic) bond motifs is 2. The van der Waals surface area contributed by atoms with E-state index in [0.717, 1.165) is 50.5 Å². The molecule has 4 aliphatic rings. The molecule has 1 aromatic rings. The Morgan fingerprint density at radius 3 is 2.75 bits per heavy atom. The molecule has 5 nitrogen and oxygen atoms in total. The van der Waals surface area contributed by atoms with E-state index in [1.54, 1.807) is 0 Å². The Balaban J connectivity index is 1.28. The summed E-state index contributed by atoms with van der Waals surface area (Å²) >= 11 is 6.23. The predicted octanol–water partition coefficient (Wildman–Crippen LogP) is 4.06. The summed E-state index contributed by atoms with van der Waals surface area (Å²) in [6.45, 7) is 10.8. The summed E-state index contributed by atoms with van der Waals surface area (Å²) in [6.07, 6.45) is 4.52. The SMILES string of the molecule is Cc1ccc(Cl)cc1N1CCN(C[C@@H]2C(=O)O[C@@H]3CC4=CCC[C@H](C)[C@@]4(C)[C@H](O)[C@H]23)CC1.